The summed E-state index contributed by atoms with van der Waals surface area (Å²) in [6, 6.07) is 7.29. The molecule has 3 rings (SSSR count). The van der Waals surface area contributed by atoms with Crippen LogP contribution in [-0.2, 0) is 19.5 Å². The van der Waals surface area contributed by atoms with Gasteiger partial charge in [-0.25, -0.2) is 4.39 Å². The van der Waals surface area contributed by atoms with Gasteiger partial charge in [-0.2, -0.15) is 0 Å². The van der Waals surface area contributed by atoms with Gasteiger partial charge in [-0.15, -0.1) is 0 Å². The maximum atomic E-state index is 13.1. The van der Waals surface area contributed by atoms with Crippen molar-refractivity contribution >= 4 is 17.5 Å². The first-order valence-corrected chi connectivity index (χ1v) is 7.39. The molecule has 1 amide bonds. The van der Waals surface area contributed by atoms with E-state index in [1.165, 1.54) is 18.2 Å². The molecule has 0 fully saturated rings. The zero-order valence-corrected chi connectivity index (χ0v) is 12.5. The van der Waals surface area contributed by atoms with E-state index in [1.54, 1.807) is 16.7 Å². The summed E-state index contributed by atoms with van der Waals surface area (Å²) in [6.07, 6.45) is 1.47. The predicted molar refractivity (Wildman–Crippen MR) is 81.6 cm³/mol. The quantitative estimate of drug-likeness (QED) is 0.944. The van der Waals surface area contributed by atoms with Crippen molar-refractivity contribution in [3.63, 3.8) is 0 Å². The smallest absolute Gasteiger partial charge is 0.254 e. The van der Waals surface area contributed by atoms with Gasteiger partial charge in [-0.1, -0.05) is 23.7 Å². The number of aromatic nitrogens is 1. The van der Waals surface area contributed by atoms with Crippen molar-refractivity contribution in [1.82, 2.24) is 9.88 Å². The van der Waals surface area contributed by atoms with E-state index in [2.05, 4.69) is 5.32 Å². The molecule has 6 heteroatoms. The van der Waals surface area contributed by atoms with Crippen LogP contribution in [0.2, 0.25) is 5.02 Å². The second-order valence-electron chi connectivity index (χ2n) is 5.22. The number of nitrogens with zero attached hydrogens (tertiary/aromatic N) is 1. The van der Waals surface area contributed by atoms with Crippen LogP contribution in [-0.4, -0.2) is 10.5 Å². The summed E-state index contributed by atoms with van der Waals surface area (Å²) >= 11 is 6.08. The summed E-state index contributed by atoms with van der Waals surface area (Å²) in [5.41, 5.74) is 1.50. The Balaban J connectivity index is 1.84. The van der Waals surface area contributed by atoms with E-state index < -0.39 is 0 Å². The number of hydrogen-bond donors (Lipinski definition) is 1. The molecule has 22 heavy (non-hydrogen) atoms. The second kappa shape index (κ2) is 5.93. The lowest BCUT2D eigenvalue weighted by molar-refractivity contribution is 0.0949. The Labute approximate surface area is 131 Å². The van der Waals surface area contributed by atoms with Crippen LogP contribution in [0.1, 0.15) is 28.0 Å². The number of benzene rings is 1. The van der Waals surface area contributed by atoms with Gasteiger partial charge >= 0.3 is 0 Å². The minimum atomic E-state index is -0.350. The molecule has 1 aromatic heterocycles. The number of rotatable bonds is 3. The van der Waals surface area contributed by atoms with Crippen LogP contribution < -0.4 is 10.9 Å². The number of nitrogens with one attached hydrogen (secondary N) is 1. The van der Waals surface area contributed by atoms with E-state index in [-0.39, 0.29) is 28.9 Å². The molecular weight excluding hydrogens is 307 g/mol. The van der Waals surface area contributed by atoms with Crippen molar-refractivity contribution < 1.29 is 9.18 Å². The first kappa shape index (κ1) is 14.8. The highest BCUT2D eigenvalue weighted by molar-refractivity contribution is 6.34. The standard InChI is InChI=1S/C16H14ClFN2O2/c17-12-8-14(21)20-6-2-5-13(20)15(12)16(22)19-9-10-3-1-4-11(18)7-10/h1,3-4,7-8H,2,5-6,9H2,(H,19,22). The highest BCUT2D eigenvalue weighted by Crippen LogP contribution is 2.23. The largest absolute Gasteiger partial charge is 0.348 e. The molecule has 0 unspecified atom stereocenters. The zero-order valence-electron chi connectivity index (χ0n) is 11.7. The average Bonchev–Trinajstić information content (AvgIpc) is 2.95. The van der Waals surface area contributed by atoms with E-state index in [4.69, 9.17) is 11.6 Å². The van der Waals surface area contributed by atoms with Gasteiger partial charge < -0.3 is 9.88 Å². The van der Waals surface area contributed by atoms with Crippen LogP contribution in [0, 0.1) is 5.82 Å². The Hall–Kier alpha value is -2.14. The molecule has 0 saturated carbocycles. The van der Waals surface area contributed by atoms with Gasteiger partial charge in [0.15, 0.2) is 0 Å². The van der Waals surface area contributed by atoms with Crippen LogP contribution in [0.15, 0.2) is 35.1 Å². The van der Waals surface area contributed by atoms with E-state index in [0.29, 0.717) is 29.8 Å². The number of amides is 1. The number of carbonyl (C=O) groups excluding carboxylic acids is 1. The lowest BCUT2D eigenvalue weighted by Gasteiger charge is -2.12. The third-order valence-corrected chi connectivity index (χ3v) is 4.03. The average molecular weight is 321 g/mol. The summed E-state index contributed by atoms with van der Waals surface area (Å²) in [7, 11) is 0. The Bertz CT molecular complexity index is 801. The molecule has 0 aliphatic carbocycles. The van der Waals surface area contributed by atoms with Crippen LogP contribution in [0.3, 0.4) is 0 Å². The van der Waals surface area contributed by atoms with Crippen LogP contribution in [0.4, 0.5) is 4.39 Å². The molecule has 1 aromatic carbocycles. The predicted octanol–water partition coefficient (Wildman–Crippen LogP) is 2.52. The Morgan fingerprint density at radius 2 is 2.18 bits per heavy atom. The summed E-state index contributed by atoms with van der Waals surface area (Å²) in [6.45, 7) is 0.807. The molecule has 2 aromatic rings. The summed E-state index contributed by atoms with van der Waals surface area (Å²) in [5, 5.41) is 2.89. The van der Waals surface area contributed by atoms with Crippen molar-refractivity contribution in [3.8, 4) is 0 Å². The van der Waals surface area contributed by atoms with Crippen LogP contribution in [0.5, 0.6) is 0 Å². The number of hydrogen-bond acceptors (Lipinski definition) is 2. The fourth-order valence-electron chi connectivity index (χ4n) is 2.73. The molecule has 1 N–H and O–H groups in total. The summed E-state index contributed by atoms with van der Waals surface area (Å²) < 4.78 is 14.7. The Morgan fingerprint density at radius 3 is 2.95 bits per heavy atom. The van der Waals surface area contributed by atoms with E-state index in [1.807, 2.05) is 0 Å². The Kier molecular flexibility index (Phi) is 3.98. The third kappa shape index (κ3) is 2.76. The molecule has 0 spiro atoms. The topological polar surface area (TPSA) is 51.1 Å². The van der Waals surface area contributed by atoms with Crippen molar-refractivity contribution in [1.29, 1.82) is 0 Å². The van der Waals surface area contributed by atoms with Crippen molar-refractivity contribution in [2.45, 2.75) is 25.9 Å². The van der Waals surface area contributed by atoms with Gasteiger partial charge in [0.25, 0.3) is 11.5 Å². The van der Waals surface area contributed by atoms with Gasteiger partial charge in [0.1, 0.15) is 5.82 Å². The minimum absolute atomic E-state index is 0.162. The zero-order chi connectivity index (χ0) is 15.7. The Morgan fingerprint density at radius 1 is 1.36 bits per heavy atom. The molecule has 1 aliphatic heterocycles. The SMILES string of the molecule is O=C(NCc1cccc(F)c1)c1c(Cl)cc(=O)n2c1CCC2. The lowest BCUT2D eigenvalue weighted by Crippen LogP contribution is -2.28. The number of fused-ring (bicyclic) bond motifs is 1. The maximum absolute atomic E-state index is 13.1. The highest BCUT2D eigenvalue weighted by atomic mass is 35.5. The van der Waals surface area contributed by atoms with Crippen molar-refractivity contribution in [3.05, 3.63) is 68.3 Å². The fraction of sp³-hybridized carbons (Fsp3) is 0.250. The lowest BCUT2D eigenvalue weighted by atomic mass is 10.1. The van der Waals surface area contributed by atoms with Gasteiger partial charge in [-0.3, -0.25) is 9.59 Å². The maximum Gasteiger partial charge on any atom is 0.254 e. The molecule has 1 aliphatic rings. The molecule has 0 radical (unpaired) electrons. The minimum Gasteiger partial charge on any atom is -0.348 e. The molecular formula is C16H14ClFN2O2. The fourth-order valence-corrected chi connectivity index (χ4v) is 3.02. The van der Waals surface area contributed by atoms with E-state index >= 15 is 0 Å². The third-order valence-electron chi connectivity index (χ3n) is 3.73. The summed E-state index contributed by atoms with van der Waals surface area (Å²) in [4.78, 5) is 24.2. The summed E-state index contributed by atoms with van der Waals surface area (Å²) in [5.74, 6) is -0.697. The van der Waals surface area contributed by atoms with Crippen molar-refractivity contribution in [2.24, 2.45) is 0 Å². The number of pyridine rings is 1. The highest BCUT2D eigenvalue weighted by Gasteiger charge is 2.23. The first-order chi connectivity index (χ1) is 10.6. The van der Waals surface area contributed by atoms with Crippen LogP contribution >= 0.6 is 11.6 Å². The second-order valence-corrected chi connectivity index (χ2v) is 5.63. The van der Waals surface area contributed by atoms with Gasteiger partial charge in [-0.05, 0) is 30.5 Å². The molecule has 0 bridgehead atoms. The van der Waals surface area contributed by atoms with E-state index in [9.17, 15) is 14.0 Å². The van der Waals surface area contributed by atoms with Gasteiger partial charge in [0.05, 0.1) is 10.6 Å². The monoisotopic (exact) mass is 320 g/mol. The van der Waals surface area contributed by atoms with Gasteiger partial charge in [0.2, 0.25) is 0 Å². The molecule has 2 heterocycles. The normalized spacial score (nSPS) is 13.0. The molecule has 0 atom stereocenters. The van der Waals surface area contributed by atoms with Crippen molar-refractivity contribution in [2.75, 3.05) is 0 Å². The van der Waals surface area contributed by atoms with Crippen LogP contribution in [0.25, 0.3) is 0 Å². The number of halogens is 2. The number of carbonyl (C=O) groups is 1. The first-order valence-electron chi connectivity index (χ1n) is 7.01. The van der Waals surface area contributed by atoms with E-state index in [0.717, 1.165) is 6.42 Å². The molecule has 114 valence electrons. The van der Waals surface area contributed by atoms with Gasteiger partial charge in [0, 0.05) is 24.8 Å². The molecule has 0 saturated heterocycles. The molecule has 4 nitrogen and oxygen atoms in total.